The van der Waals surface area contributed by atoms with Crippen molar-refractivity contribution in [2.45, 2.75) is 5.51 Å². The predicted octanol–water partition coefficient (Wildman–Crippen LogP) is -3.97. The lowest BCUT2D eigenvalue weighted by Gasteiger charge is -2.21. The molecule has 0 aliphatic carbocycles. The normalized spacial score (nSPS) is 12.2. The van der Waals surface area contributed by atoms with Gasteiger partial charge in [0.25, 0.3) is 0 Å². The van der Waals surface area contributed by atoms with Crippen LogP contribution in [0.15, 0.2) is 36.4 Å². The number of hydrogen-bond donors (Lipinski definition) is 0. The molecule has 3 nitrogen and oxygen atoms in total. The molecular formula is C17H16B5F3O3S. The van der Waals surface area contributed by atoms with E-state index in [-0.39, 0.29) is 5.75 Å². The Morgan fingerprint density at radius 3 is 1.86 bits per heavy atom. The molecule has 0 radical (unpaired) electrons. The fraction of sp³-hybridized carbons (Fsp3) is 0.0588. The Hall–Kier alpha value is -2.22. The van der Waals surface area contributed by atoms with E-state index in [1.54, 1.807) is 18.2 Å². The highest BCUT2D eigenvalue weighted by Gasteiger charge is 2.48. The zero-order chi connectivity index (χ0) is 21.7. The maximum atomic E-state index is 12.9. The minimum absolute atomic E-state index is 0.292. The molecule has 0 fully saturated rings. The highest BCUT2D eigenvalue weighted by molar-refractivity contribution is 7.88. The Kier molecular flexibility index (Phi) is 5.36. The van der Waals surface area contributed by atoms with E-state index in [4.69, 9.17) is 0 Å². The van der Waals surface area contributed by atoms with E-state index in [2.05, 4.69) is 4.18 Å². The van der Waals surface area contributed by atoms with Gasteiger partial charge in [0.2, 0.25) is 0 Å². The Labute approximate surface area is 172 Å². The summed E-state index contributed by atoms with van der Waals surface area (Å²) in [6, 6.07) is 9.81. The highest BCUT2D eigenvalue weighted by Crippen LogP contribution is 2.35. The number of halogens is 3. The van der Waals surface area contributed by atoms with E-state index in [1.165, 1.54) is 12.1 Å². The second-order valence-corrected chi connectivity index (χ2v) is 8.72. The van der Waals surface area contributed by atoms with Gasteiger partial charge in [-0.05, 0) is 28.6 Å². The third-order valence-corrected chi connectivity index (χ3v) is 6.56. The SMILES string of the molecule is Bc1c(B)c(B)c(-c2cc(OS(=O)(=O)C(F)(F)F)c3ccccc3c2)c(B)c1B. The van der Waals surface area contributed by atoms with Crippen LogP contribution >= 0.6 is 0 Å². The summed E-state index contributed by atoms with van der Waals surface area (Å²) in [6.07, 6.45) is 0. The number of rotatable bonds is 3. The van der Waals surface area contributed by atoms with E-state index in [0.717, 1.165) is 32.9 Å². The van der Waals surface area contributed by atoms with Gasteiger partial charge in [-0.15, -0.1) is 16.4 Å². The van der Waals surface area contributed by atoms with Crippen LogP contribution in [0, 0.1) is 0 Å². The largest absolute Gasteiger partial charge is 0.534 e. The average Bonchev–Trinajstić information content (AvgIpc) is 2.64. The first-order chi connectivity index (χ1) is 13.3. The molecule has 0 amide bonds. The minimum atomic E-state index is -5.78. The zero-order valence-electron chi connectivity index (χ0n) is 16.7. The van der Waals surface area contributed by atoms with E-state index >= 15 is 0 Å². The first-order valence-corrected chi connectivity index (χ1v) is 10.4. The maximum absolute atomic E-state index is 12.9. The third kappa shape index (κ3) is 3.70. The standard InChI is InChI=1S/C17H16B5F3O3S/c18-12-11(13(19)15(21)16(22)14(12)20)8-5-7-3-1-2-4-9(7)10(6-8)28-29(26,27)17(23,24)25/h1-6H,18-22H2. The summed E-state index contributed by atoms with van der Waals surface area (Å²) in [7, 11) is 4.13. The second kappa shape index (κ2) is 7.24. The summed E-state index contributed by atoms with van der Waals surface area (Å²) < 4.78 is 66.6. The Morgan fingerprint density at radius 2 is 1.31 bits per heavy atom. The average molecular weight is 411 g/mol. The van der Waals surface area contributed by atoms with E-state index in [0.29, 0.717) is 16.3 Å². The lowest BCUT2D eigenvalue weighted by molar-refractivity contribution is -0.0499. The molecule has 0 saturated carbocycles. The molecule has 0 aromatic heterocycles. The summed E-state index contributed by atoms with van der Waals surface area (Å²) in [6.45, 7) is 0. The van der Waals surface area contributed by atoms with E-state index < -0.39 is 15.6 Å². The topological polar surface area (TPSA) is 43.4 Å². The Morgan fingerprint density at radius 1 is 0.793 bits per heavy atom. The lowest BCUT2D eigenvalue weighted by atomic mass is 9.59. The van der Waals surface area contributed by atoms with E-state index in [9.17, 15) is 21.6 Å². The van der Waals surface area contributed by atoms with Crippen molar-refractivity contribution in [2.75, 3.05) is 0 Å². The summed E-state index contributed by atoms with van der Waals surface area (Å²) >= 11 is 0. The second-order valence-electron chi connectivity index (χ2n) is 7.18. The van der Waals surface area contributed by atoms with Crippen molar-refractivity contribution in [1.82, 2.24) is 0 Å². The number of benzene rings is 3. The van der Waals surface area contributed by atoms with Gasteiger partial charge in [-0.1, -0.05) is 35.2 Å². The van der Waals surface area contributed by atoms with Crippen molar-refractivity contribution in [2.24, 2.45) is 0 Å². The van der Waals surface area contributed by atoms with Gasteiger partial charge in [0, 0.05) is 5.39 Å². The molecule has 29 heavy (non-hydrogen) atoms. The molecule has 3 aromatic carbocycles. The van der Waals surface area contributed by atoms with Crippen LogP contribution in [0.3, 0.4) is 0 Å². The molecule has 3 rings (SSSR count). The molecular weight excluding hydrogens is 395 g/mol. The Balaban J connectivity index is 2.34. The van der Waals surface area contributed by atoms with Crippen molar-refractivity contribution in [3.05, 3.63) is 36.4 Å². The lowest BCUT2D eigenvalue weighted by Crippen LogP contribution is -2.55. The highest BCUT2D eigenvalue weighted by atomic mass is 32.2. The minimum Gasteiger partial charge on any atom is -0.375 e. The first kappa shape index (κ1) is 21.5. The van der Waals surface area contributed by atoms with Crippen LogP contribution in [0.2, 0.25) is 0 Å². The molecule has 0 unspecified atom stereocenters. The van der Waals surface area contributed by atoms with Crippen LogP contribution < -0.4 is 31.5 Å². The third-order valence-electron chi connectivity index (χ3n) is 5.60. The number of alkyl halides is 3. The molecule has 0 atom stereocenters. The molecule has 0 aliphatic heterocycles. The van der Waals surface area contributed by atoms with Gasteiger partial charge >= 0.3 is 15.6 Å². The van der Waals surface area contributed by atoms with Crippen molar-refractivity contribution < 1.29 is 25.8 Å². The molecule has 0 N–H and O–H groups in total. The van der Waals surface area contributed by atoms with Crippen LogP contribution in [0.1, 0.15) is 0 Å². The van der Waals surface area contributed by atoms with Gasteiger partial charge in [-0.3, -0.25) is 0 Å². The van der Waals surface area contributed by atoms with E-state index in [1.807, 2.05) is 45.3 Å². The van der Waals surface area contributed by atoms with Gasteiger partial charge in [-0.2, -0.15) is 21.6 Å². The zero-order valence-corrected chi connectivity index (χ0v) is 17.5. The molecule has 0 aliphatic rings. The van der Waals surface area contributed by atoms with Crippen LogP contribution in [0.25, 0.3) is 21.9 Å². The maximum Gasteiger partial charge on any atom is 0.534 e. The van der Waals surface area contributed by atoms with Crippen molar-refractivity contribution in [3.8, 4) is 16.9 Å². The molecule has 12 heteroatoms. The summed E-state index contributed by atoms with van der Waals surface area (Å²) in [5.74, 6) is -0.342. The van der Waals surface area contributed by atoms with Gasteiger partial charge in [0.05, 0.1) is 0 Å². The molecule has 0 bridgehead atoms. The number of fused-ring (bicyclic) bond motifs is 1. The van der Waals surface area contributed by atoms with Crippen molar-refractivity contribution in [1.29, 1.82) is 0 Å². The quantitative estimate of drug-likeness (QED) is 0.251. The Bertz CT molecular complexity index is 1210. The van der Waals surface area contributed by atoms with Gasteiger partial charge < -0.3 is 4.18 Å². The van der Waals surface area contributed by atoms with Crippen LogP contribution in [-0.2, 0) is 10.1 Å². The van der Waals surface area contributed by atoms with Gasteiger partial charge in [-0.25, -0.2) is 0 Å². The summed E-state index contributed by atoms with van der Waals surface area (Å²) in [5, 5.41) is 0.881. The molecule has 0 spiro atoms. The van der Waals surface area contributed by atoms with Gasteiger partial charge in [0.15, 0.2) is 5.75 Å². The fourth-order valence-corrected chi connectivity index (χ4v) is 4.06. The fourth-order valence-electron chi connectivity index (χ4n) is 3.59. The van der Waals surface area contributed by atoms with Gasteiger partial charge in [0.1, 0.15) is 39.2 Å². The monoisotopic (exact) mass is 412 g/mol. The first-order valence-electron chi connectivity index (χ1n) is 8.96. The van der Waals surface area contributed by atoms with Crippen LogP contribution in [0.5, 0.6) is 5.75 Å². The molecule has 0 heterocycles. The summed E-state index contributed by atoms with van der Waals surface area (Å²) in [4.78, 5) is 0. The molecule has 3 aromatic rings. The number of hydrogen-bond acceptors (Lipinski definition) is 3. The predicted molar refractivity (Wildman–Crippen MR) is 126 cm³/mol. The van der Waals surface area contributed by atoms with Crippen LogP contribution in [-0.4, -0.2) is 53.2 Å². The molecule has 144 valence electrons. The smallest absolute Gasteiger partial charge is 0.375 e. The van der Waals surface area contributed by atoms with Crippen molar-refractivity contribution in [3.63, 3.8) is 0 Å². The summed E-state index contributed by atoms with van der Waals surface area (Å²) in [5.41, 5.74) is 1.27. The molecule has 0 saturated heterocycles. The van der Waals surface area contributed by atoms with Crippen LogP contribution in [0.4, 0.5) is 13.2 Å². The van der Waals surface area contributed by atoms with Crippen molar-refractivity contribution >= 4 is 87.4 Å².